The molecule has 0 aromatic carbocycles. The summed E-state index contributed by atoms with van der Waals surface area (Å²) in [7, 11) is -3.75. The summed E-state index contributed by atoms with van der Waals surface area (Å²) in [4.78, 5) is 20.5. The van der Waals surface area contributed by atoms with Gasteiger partial charge in [0.1, 0.15) is 13.6 Å². The molecule has 0 bridgehead atoms. The molecule has 0 fully saturated rings. The van der Waals surface area contributed by atoms with Gasteiger partial charge in [-0.3, -0.25) is 4.79 Å². The van der Waals surface area contributed by atoms with E-state index in [2.05, 4.69) is 4.52 Å². The first-order valence-corrected chi connectivity index (χ1v) is 5.23. The molecule has 0 aliphatic rings. The molecular formula is C5H15N2O5P. The van der Waals surface area contributed by atoms with Crippen LogP contribution in [-0.4, -0.2) is 30.4 Å². The van der Waals surface area contributed by atoms with Crippen LogP contribution in [0.1, 0.15) is 6.42 Å². The van der Waals surface area contributed by atoms with Crippen LogP contribution < -0.4 is 16.8 Å². The second-order valence-corrected chi connectivity index (χ2v) is 4.14. The summed E-state index contributed by atoms with van der Waals surface area (Å²) in [6.45, 7) is 0.726. The zero-order valence-electron chi connectivity index (χ0n) is 7.60. The van der Waals surface area contributed by atoms with Crippen molar-refractivity contribution in [3.8, 4) is 0 Å². The van der Waals surface area contributed by atoms with Crippen LogP contribution in [0.4, 0.5) is 0 Å². The second-order valence-electron chi connectivity index (χ2n) is 2.34. The predicted molar refractivity (Wildman–Crippen MR) is 45.7 cm³/mol. The molecule has 2 unspecified atom stereocenters. The van der Waals surface area contributed by atoms with Gasteiger partial charge in [-0.25, -0.2) is 0 Å². The van der Waals surface area contributed by atoms with Crippen molar-refractivity contribution in [2.45, 2.75) is 12.5 Å². The first-order valence-electron chi connectivity index (χ1n) is 3.24. The van der Waals surface area contributed by atoms with Crippen LogP contribution in [0.15, 0.2) is 0 Å². The maximum absolute atomic E-state index is 10.4. The Bertz CT molecular complexity index is 203. The van der Waals surface area contributed by atoms with Crippen LogP contribution in [0.3, 0.4) is 0 Å². The summed E-state index contributed by atoms with van der Waals surface area (Å²) in [6, 6.07) is -1.07. The summed E-state index contributed by atoms with van der Waals surface area (Å²) >= 11 is 0. The Morgan fingerprint density at radius 1 is 1.77 bits per heavy atom. The van der Waals surface area contributed by atoms with E-state index in [1.54, 1.807) is 0 Å². The molecule has 0 aromatic rings. The molecule has 13 heavy (non-hydrogen) atoms. The number of hydrogen-bond acceptors (Lipinski definition) is 5. The number of carboxylic acids is 1. The van der Waals surface area contributed by atoms with Crippen LogP contribution in [0, 0.1) is 0 Å². The minimum Gasteiger partial charge on any atom is -0.779 e. The van der Waals surface area contributed by atoms with Crippen molar-refractivity contribution >= 4 is 13.6 Å². The molecule has 0 rings (SSSR count). The summed E-state index contributed by atoms with van der Waals surface area (Å²) in [5.74, 6) is -1.17. The lowest BCUT2D eigenvalue weighted by Gasteiger charge is -2.18. The number of carbonyl (C=O) groups is 1. The van der Waals surface area contributed by atoms with Gasteiger partial charge in [-0.15, -0.1) is 0 Å². The molecule has 80 valence electrons. The van der Waals surface area contributed by atoms with Gasteiger partial charge in [-0.2, -0.15) is 0 Å². The van der Waals surface area contributed by atoms with Crippen molar-refractivity contribution in [1.29, 1.82) is 0 Å². The first-order chi connectivity index (χ1) is 5.33. The lowest BCUT2D eigenvalue weighted by Crippen LogP contribution is -2.31. The monoisotopic (exact) mass is 214 g/mol. The molecule has 2 atom stereocenters. The fourth-order valence-corrected chi connectivity index (χ4v) is 0.906. The average Bonchev–Trinajstić information content (AvgIpc) is 1.84. The second kappa shape index (κ2) is 6.06. The van der Waals surface area contributed by atoms with Gasteiger partial charge in [0.05, 0.1) is 6.61 Å². The van der Waals surface area contributed by atoms with Crippen molar-refractivity contribution in [3.63, 3.8) is 0 Å². The molecular weight excluding hydrogens is 199 g/mol. The number of hydrogen-bond donors (Lipinski definition) is 3. The third-order valence-corrected chi connectivity index (χ3v) is 1.72. The summed E-state index contributed by atoms with van der Waals surface area (Å²) in [5, 5.41) is 8.28. The molecule has 8 heteroatoms. The number of quaternary nitrogens is 1. The van der Waals surface area contributed by atoms with E-state index in [1.165, 1.54) is 0 Å². The van der Waals surface area contributed by atoms with E-state index in [0.29, 0.717) is 0 Å². The Kier molecular flexibility index (Phi) is 7.01. The largest absolute Gasteiger partial charge is 0.779 e. The maximum Gasteiger partial charge on any atom is 0.320 e. The standard InChI is InChI=1S/C5H12NO5P.H3N/c1-12(9,10)11-3-2-4(6)5(7)8;/h4H,2-3,6H2,1H3,(H,7,8)(H,9,10);1H3. The Morgan fingerprint density at radius 2 is 2.23 bits per heavy atom. The molecule has 0 saturated heterocycles. The van der Waals surface area contributed by atoms with Gasteiger partial charge in [-0.05, 0) is 6.42 Å². The van der Waals surface area contributed by atoms with Crippen molar-refractivity contribution in [2.24, 2.45) is 5.73 Å². The molecule has 0 amide bonds. The topological polar surface area (TPSA) is 149 Å². The zero-order valence-corrected chi connectivity index (χ0v) is 8.49. The van der Waals surface area contributed by atoms with Gasteiger partial charge in [-0.1, -0.05) is 0 Å². The number of rotatable bonds is 5. The first kappa shape index (κ1) is 15.0. The molecule has 0 aliphatic carbocycles. The average molecular weight is 214 g/mol. The molecule has 0 saturated carbocycles. The van der Waals surface area contributed by atoms with Crippen molar-refractivity contribution < 1.29 is 23.9 Å². The highest BCUT2D eigenvalue weighted by Gasteiger charge is 2.11. The Hall–Kier alpha value is -0.460. The molecule has 7 N–H and O–H groups in total. The van der Waals surface area contributed by atoms with E-state index in [9.17, 15) is 14.3 Å². The smallest absolute Gasteiger partial charge is 0.320 e. The summed E-state index contributed by atoms with van der Waals surface area (Å²) in [6.07, 6.45) is -0.0184. The molecule has 0 spiro atoms. The normalized spacial score (nSPS) is 16.8. The Labute approximate surface area is 76.0 Å². The van der Waals surface area contributed by atoms with Gasteiger partial charge in [0.2, 0.25) is 0 Å². The zero-order chi connectivity index (χ0) is 9.78. The number of nitrogens with two attached hydrogens (primary N) is 1. The van der Waals surface area contributed by atoms with Crippen LogP contribution in [0.2, 0.25) is 0 Å². The Balaban J connectivity index is 0. The van der Waals surface area contributed by atoms with E-state index in [4.69, 9.17) is 10.8 Å². The quantitative estimate of drug-likeness (QED) is 0.518. The van der Waals surface area contributed by atoms with Crippen molar-refractivity contribution in [3.05, 3.63) is 0 Å². The third kappa shape index (κ3) is 9.45. The van der Waals surface area contributed by atoms with Crippen LogP contribution >= 0.6 is 7.60 Å². The van der Waals surface area contributed by atoms with Crippen molar-refractivity contribution in [2.75, 3.05) is 13.3 Å². The number of aliphatic carboxylic acids is 1. The highest BCUT2D eigenvalue weighted by molar-refractivity contribution is 7.50. The van der Waals surface area contributed by atoms with Crippen LogP contribution in [0.25, 0.3) is 0 Å². The van der Waals surface area contributed by atoms with Gasteiger partial charge >= 0.3 is 5.97 Å². The minimum atomic E-state index is -3.75. The minimum absolute atomic E-state index is 0. The van der Waals surface area contributed by atoms with Gasteiger partial charge < -0.3 is 31.0 Å². The van der Waals surface area contributed by atoms with E-state index in [0.717, 1.165) is 6.66 Å². The molecule has 0 aromatic heterocycles. The fourth-order valence-electron chi connectivity index (χ4n) is 0.469. The molecule has 0 heterocycles. The van der Waals surface area contributed by atoms with E-state index in [-0.39, 0.29) is 19.2 Å². The lowest BCUT2D eigenvalue weighted by molar-refractivity contribution is -0.196. The van der Waals surface area contributed by atoms with Gasteiger partial charge in [0, 0.05) is 6.66 Å². The molecule has 0 radical (unpaired) electrons. The van der Waals surface area contributed by atoms with E-state index >= 15 is 0 Å². The summed E-state index contributed by atoms with van der Waals surface area (Å²) in [5.41, 5.74) is 5.07. The SMILES string of the molecule is CP(=O)([O-])OCCC(N)C(=O)O.[NH4+]. The Morgan fingerprint density at radius 3 is 2.54 bits per heavy atom. The van der Waals surface area contributed by atoms with Crippen LogP contribution in [-0.2, 0) is 13.9 Å². The van der Waals surface area contributed by atoms with Gasteiger partial charge in [0.25, 0.3) is 0 Å². The van der Waals surface area contributed by atoms with E-state index < -0.39 is 19.6 Å². The maximum atomic E-state index is 10.4. The fraction of sp³-hybridized carbons (Fsp3) is 0.800. The predicted octanol–water partition coefficient (Wildman–Crippen LogP) is -0.636. The highest BCUT2D eigenvalue weighted by atomic mass is 31.2. The number of carboxylic acid groups (broad SMARTS) is 1. The lowest BCUT2D eigenvalue weighted by atomic mass is 10.2. The van der Waals surface area contributed by atoms with Gasteiger partial charge in [0.15, 0.2) is 0 Å². The molecule has 7 nitrogen and oxygen atoms in total. The van der Waals surface area contributed by atoms with Crippen molar-refractivity contribution in [1.82, 2.24) is 6.15 Å². The van der Waals surface area contributed by atoms with Crippen LogP contribution in [0.5, 0.6) is 0 Å². The third-order valence-electron chi connectivity index (χ3n) is 1.07. The summed E-state index contributed by atoms with van der Waals surface area (Å²) < 4.78 is 14.7. The highest BCUT2D eigenvalue weighted by Crippen LogP contribution is 2.30. The molecule has 0 aliphatic heterocycles. The van der Waals surface area contributed by atoms with E-state index in [1.807, 2.05) is 0 Å².